The molecule has 0 spiro atoms. The van der Waals surface area contributed by atoms with E-state index in [1.807, 2.05) is 24.1 Å². The first-order valence-corrected chi connectivity index (χ1v) is 4.83. The van der Waals surface area contributed by atoms with Gasteiger partial charge in [0.25, 0.3) is 0 Å². The zero-order valence-electron chi connectivity index (χ0n) is 8.85. The molecular formula is C11H14N4. The van der Waals surface area contributed by atoms with Crippen molar-refractivity contribution in [1.29, 1.82) is 5.26 Å². The first-order valence-electron chi connectivity index (χ1n) is 4.83. The van der Waals surface area contributed by atoms with Crippen molar-refractivity contribution < 1.29 is 0 Å². The van der Waals surface area contributed by atoms with Crippen LogP contribution in [0.25, 0.3) is 0 Å². The zero-order valence-corrected chi connectivity index (χ0v) is 8.85. The van der Waals surface area contributed by atoms with Crippen LogP contribution in [0.2, 0.25) is 0 Å². The molecular weight excluding hydrogens is 188 g/mol. The summed E-state index contributed by atoms with van der Waals surface area (Å²) in [4.78, 5) is 10.1. The third-order valence-electron chi connectivity index (χ3n) is 2.00. The number of aromatic nitrogens is 2. The number of nitriles is 1. The van der Waals surface area contributed by atoms with Crippen LogP contribution in [0.5, 0.6) is 0 Å². The van der Waals surface area contributed by atoms with Gasteiger partial charge in [-0.05, 0) is 18.9 Å². The van der Waals surface area contributed by atoms with Gasteiger partial charge >= 0.3 is 0 Å². The van der Waals surface area contributed by atoms with Crippen molar-refractivity contribution in [2.75, 3.05) is 18.5 Å². The number of rotatable bonds is 5. The summed E-state index contributed by atoms with van der Waals surface area (Å²) >= 11 is 0. The molecule has 1 aromatic heterocycles. The molecule has 0 N–H and O–H groups in total. The molecule has 0 bridgehead atoms. The molecule has 0 aliphatic carbocycles. The predicted molar refractivity (Wildman–Crippen MR) is 59.4 cm³/mol. The van der Waals surface area contributed by atoms with Crippen LogP contribution >= 0.6 is 0 Å². The maximum Gasteiger partial charge on any atom is 0.226 e. The zero-order chi connectivity index (χ0) is 11.1. The summed E-state index contributed by atoms with van der Waals surface area (Å²) in [6.07, 6.45) is 5.48. The van der Waals surface area contributed by atoms with E-state index < -0.39 is 0 Å². The minimum absolute atomic E-state index is 0.399. The van der Waals surface area contributed by atoms with Crippen LogP contribution in [-0.2, 0) is 0 Å². The van der Waals surface area contributed by atoms with Crippen molar-refractivity contribution in [3.05, 3.63) is 30.6 Å². The maximum absolute atomic E-state index is 8.69. The van der Waals surface area contributed by atoms with Crippen molar-refractivity contribution in [1.82, 2.24) is 9.97 Å². The molecule has 0 unspecified atom stereocenters. The molecule has 78 valence electrons. The fourth-order valence-corrected chi connectivity index (χ4v) is 1.17. The lowest BCUT2D eigenvalue weighted by Gasteiger charge is -2.15. The smallest absolute Gasteiger partial charge is 0.226 e. The van der Waals surface area contributed by atoms with E-state index in [2.05, 4.69) is 16.5 Å². The predicted octanol–water partition coefficient (Wildman–Crippen LogP) is 1.75. The molecule has 1 rings (SSSR count). The Hall–Kier alpha value is -1.89. The van der Waals surface area contributed by atoms with Crippen LogP contribution < -0.4 is 4.90 Å². The number of unbranched alkanes of at least 4 members (excludes halogenated alkanes) is 1. The Kier molecular flexibility index (Phi) is 4.30. The second-order valence-corrected chi connectivity index (χ2v) is 3.21. The van der Waals surface area contributed by atoms with Crippen molar-refractivity contribution in [3.63, 3.8) is 0 Å². The topological polar surface area (TPSA) is 52.8 Å². The van der Waals surface area contributed by atoms with E-state index in [1.54, 1.807) is 12.3 Å². The highest BCUT2D eigenvalue weighted by Gasteiger charge is 2.03. The second kappa shape index (κ2) is 5.76. The quantitative estimate of drug-likeness (QED) is 0.539. The summed E-state index contributed by atoms with van der Waals surface area (Å²) in [6, 6.07) is 3.59. The molecule has 4 nitrogen and oxygen atoms in total. The van der Waals surface area contributed by atoms with Crippen molar-refractivity contribution >= 4 is 5.95 Å². The molecule has 0 aliphatic heterocycles. The van der Waals surface area contributed by atoms with Gasteiger partial charge in [-0.1, -0.05) is 6.08 Å². The van der Waals surface area contributed by atoms with Crippen molar-refractivity contribution in [2.24, 2.45) is 0 Å². The van der Waals surface area contributed by atoms with Crippen LogP contribution in [-0.4, -0.2) is 23.6 Å². The highest BCUT2D eigenvalue weighted by atomic mass is 15.2. The van der Waals surface area contributed by atoms with Crippen LogP contribution in [0, 0.1) is 11.3 Å². The average Bonchev–Trinajstić information content (AvgIpc) is 2.29. The molecule has 0 aromatic carbocycles. The first kappa shape index (κ1) is 11.2. The summed E-state index contributed by atoms with van der Waals surface area (Å²) in [6.45, 7) is 4.53. The Morgan fingerprint density at radius 1 is 1.67 bits per heavy atom. The Labute approximate surface area is 89.9 Å². The molecule has 1 aromatic rings. The largest absolute Gasteiger partial charge is 0.344 e. The fourth-order valence-electron chi connectivity index (χ4n) is 1.17. The summed E-state index contributed by atoms with van der Waals surface area (Å²) < 4.78 is 0. The van der Waals surface area contributed by atoms with E-state index in [1.165, 1.54) is 0 Å². The molecule has 0 radical (unpaired) electrons. The minimum atomic E-state index is 0.399. The SMILES string of the molecule is C=CCCCN(C)c1nccc(C#N)n1. The minimum Gasteiger partial charge on any atom is -0.344 e. The Morgan fingerprint density at radius 3 is 3.13 bits per heavy atom. The van der Waals surface area contributed by atoms with Crippen molar-refractivity contribution in [2.45, 2.75) is 12.8 Å². The summed E-state index contributed by atoms with van der Waals surface area (Å²) in [5.41, 5.74) is 0.399. The molecule has 0 fully saturated rings. The normalized spacial score (nSPS) is 9.33. The number of allylic oxidation sites excluding steroid dienone is 1. The summed E-state index contributed by atoms with van der Waals surface area (Å²) in [5, 5.41) is 8.69. The molecule has 0 saturated heterocycles. The van der Waals surface area contributed by atoms with Gasteiger partial charge < -0.3 is 4.90 Å². The van der Waals surface area contributed by atoms with E-state index in [-0.39, 0.29) is 0 Å². The van der Waals surface area contributed by atoms with Crippen LogP contribution in [0.1, 0.15) is 18.5 Å². The number of nitrogens with zero attached hydrogens (tertiary/aromatic N) is 4. The van der Waals surface area contributed by atoms with Gasteiger partial charge in [0, 0.05) is 19.8 Å². The number of hydrogen-bond acceptors (Lipinski definition) is 4. The Morgan fingerprint density at radius 2 is 2.47 bits per heavy atom. The van der Waals surface area contributed by atoms with Gasteiger partial charge in [0.05, 0.1) is 0 Å². The lowest BCUT2D eigenvalue weighted by atomic mass is 10.3. The first-order chi connectivity index (χ1) is 7.27. The van der Waals surface area contributed by atoms with E-state index in [9.17, 15) is 0 Å². The maximum atomic E-state index is 8.69. The lowest BCUT2D eigenvalue weighted by Crippen LogP contribution is -2.21. The third-order valence-corrected chi connectivity index (χ3v) is 2.00. The average molecular weight is 202 g/mol. The third kappa shape index (κ3) is 3.39. The van der Waals surface area contributed by atoms with E-state index in [0.717, 1.165) is 19.4 Å². The highest BCUT2D eigenvalue weighted by Crippen LogP contribution is 2.06. The second-order valence-electron chi connectivity index (χ2n) is 3.21. The van der Waals surface area contributed by atoms with Gasteiger partial charge in [-0.15, -0.1) is 6.58 Å². The van der Waals surface area contributed by atoms with E-state index in [4.69, 9.17) is 5.26 Å². The standard InChI is InChI=1S/C11H14N4/c1-3-4-5-8-15(2)11-13-7-6-10(9-12)14-11/h3,6-7H,1,4-5,8H2,2H3. The molecule has 15 heavy (non-hydrogen) atoms. The lowest BCUT2D eigenvalue weighted by molar-refractivity contribution is 0.778. The van der Waals surface area contributed by atoms with Gasteiger partial charge in [0.1, 0.15) is 11.8 Å². The Balaban J connectivity index is 2.61. The van der Waals surface area contributed by atoms with E-state index in [0.29, 0.717) is 11.6 Å². The van der Waals surface area contributed by atoms with E-state index >= 15 is 0 Å². The fraction of sp³-hybridized carbons (Fsp3) is 0.364. The molecule has 4 heteroatoms. The van der Waals surface area contributed by atoms with Gasteiger partial charge in [0.2, 0.25) is 5.95 Å². The molecule has 1 heterocycles. The van der Waals surface area contributed by atoms with Crippen molar-refractivity contribution in [3.8, 4) is 6.07 Å². The molecule has 0 atom stereocenters. The molecule has 0 amide bonds. The summed E-state index contributed by atoms with van der Waals surface area (Å²) in [5.74, 6) is 0.595. The van der Waals surface area contributed by atoms with Crippen LogP contribution in [0.15, 0.2) is 24.9 Å². The molecule has 0 saturated carbocycles. The highest BCUT2D eigenvalue weighted by molar-refractivity contribution is 5.32. The number of anilines is 1. The number of hydrogen-bond donors (Lipinski definition) is 0. The van der Waals surface area contributed by atoms with Crippen LogP contribution in [0.3, 0.4) is 0 Å². The van der Waals surface area contributed by atoms with Crippen LogP contribution in [0.4, 0.5) is 5.95 Å². The molecule has 0 aliphatic rings. The van der Waals surface area contributed by atoms with Gasteiger partial charge in [-0.3, -0.25) is 0 Å². The van der Waals surface area contributed by atoms with Gasteiger partial charge in [0.15, 0.2) is 0 Å². The van der Waals surface area contributed by atoms with Gasteiger partial charge in [-0.2, -0.15) is 5.26 Å². The monoisotopic (exact) mass is 202 g/mol. The van der Waals surface area contributed by atoms with Gasteiger partial charge in [-0.25, -0.2) is 9.97 Å². The Bertz CT molecular complexity index is 367. The summed E-state index contributed by atoms with van der Waals surface area (Å²) in [7, 11) is 1.92.